The van der Waals surface area contributed by atoms with E-state index in [4.69, 9.17) is 0 Å². The number of thiazole rings is 1. The van der Waals surface area contributed by atoms with Gasteiger partial charge in [0.25, 0.3) is 0 Å². The number of aromatic nitrogens is 2. The molecule has 1 amide bonds. The number of carbonyl (C=O) groups is 1. The number of hydrogen-bond acceptors (Lipinski definition) is 5. The van der Waals surface area contributed by atoms with E-state index in [-0.39, 0.29) is 12.5 Å². The van der Waals surface area contributed by atoms with Crippen LogP contribution in [0.1, 0.15) is 5.69 Å². The van der Waals surface area contributed by atoms with E-state index in [9.17, 15) is 4.79 Å². The molecule has 2 aromatic heterocycles. The van der Waals surface area contributed by atoms with Crippen LogP contribution in [-0.4, -0.2) is 22.4 Å². The molecule has 0 radical (unpaired) electrons. The molecular formula is C11H12N4OS. The average Bonchev–Trinajstić information content (AvgIpc) is 2.88. The molecule has 2 N–H and O–H groups in total. The first-order chi connectivity index (χ1) is 8.34. The molecule has 0 unspecified atom stereocenters. The second-order valence-corrected chi connectivity index (χ2v) is 4.18. The van der Waals surface area contributed by atoms with Crippen molar-refractivity contribution >= 4 is 22.4 Å². The highest BCUT2D eigenvalue weighted by molar-refractivity contribution is 7.13. The number of pyridine rings is 1. The SMILES string of the molecule is O=C(CNc1nccs1)NCc1ccccn1. The van der Waals surface area contributed by atoms with Crippen molar-refractivity contribution in [3.05, 3.63) is 41.7 Å². The lowest BCUT2D eigenvalue weighted by molar-refractivity contribution is -0.119. The van der Waals surface area contributed by atoms with Gasteiger partial charge >= 0.3 is 0 Å². The van der Waals surface area contributed by atoms with Gasteiger partial charge in [0.05, 0.1) is 18.8 Å². The Hall–Kier alpha value is -1.95. The summed E-state index contributed by atoms with van der Waals surface area (Å²) in [6.45, 7) is 0.666. The van der Waals surface area contributed by atoms with Crippen LogP contribution in [0.5, 0.6) is 0 Å². The minimum atomic E-state index is -0.0779. The maximum absolute atomic E-state index is 11.5. The molecule has 6 heteroatoms. The van der Waals surface area contributed by atoms with Gasteiger partial charge in [-0.3, -0.25) is 9.78 Å². The topological polar surface area (TPSA) is 66.9 Å². The number of anilines is 1. The Morgan fingerprint density at radius 3 is 2.94 bits per heavy atom. The highest BCUT2D eigenvalue weighted by atomic mass is 32.1. The summed E-state index contributed by atoms with van der Waals surface area (Å²) < 4.78 is 0. The lowest BCUT2D eigenvalue weighted by Crippen LogP contribution is -2.29. The molecule has 2 heterocycles. The molecule has 0 aliphatic rings. The van der Waals surface area contributed by atoms with Gasteiger partial charge in [0.1, 0.15) is 0 Å². The van der Waals surface area contributed by atoms with E-state index in [1.165, 1.54) is 11.3 Å². The summed E-state index contributed by atoms with van der Waals surface area (Å²) >= 11 is 1.46. The lowest BCUT2D eigenvalue weighted by Gasteiger charge is -2.05. The molecule has 5 nitrogen and oxygen atoms in total. The number of nitrogens with zero attached hydrogens (tertiary/aromatic N) is 2. The third-order valence-corrected chi connectivity index (χ3v) is 2.76. The fourth-order valence-electron chi connectivity index (χ4n) is 1.22. The minimum absolute atomic E-state index is 0.0779. The molecule has 0 saturated heterocycles. The van der Waals surface area contributed by atoms with Crippen LogP contribution < -0.4 is 10.6 Å². The number of carbonyl (C=O) groups excluding carboxylic acids is 1. The van der Waals surface area contributed by atoms with Crippen molar-refractivity contribution in [3.63, 3.8) is 0 Å². The zero-order chi connectivity index (χ0) is 11.9. The van der Waals surface area contributed by atoms with Crippen molar-refractivity contribution in [2.75, 3.05) is 11.9 Å². The van der Waals surface area contributed by atoms with Crippen molar-refractivity contribution in [1.29, 1.82) is 0 Å². The molecule has 0 spiro atoms. The zero-order valence-corrected chi connectivity index (χ0v) is 9.91. The molecule has 0 saturated carbocycles. The van der Waals surface area contributed by atoms with Gasteiger partial charge in [-0.15, -0.1) is 11.3 Å². The standard InChI is InChI=1S/C11H12N4OS/c16-10(8-15-11-13-5-6-17-11)14-7-9-3-1-2-4-12-9/h1-6H,7-8H2,(H,13,15)(H,14,16). The Labute approximate surface area is 103 Å². The predicted molar refractivity (Wildman–Crippen MR) is 66.7 cm³/mol. The summed E-state index contributed by atoms with van der Waals surface area (Å²) in [7, 11) is 0. The summed E-state index contributed by atoms with van der Waals surface area (Å²) in [6.07, 6.45) is 3.40. The van der Waals surface area contributed by atoms with Gasteiger partial charge in [0, 0.05) is 17.8 Å². The molecule has 0 aliphatic heterocycles. The summed E-state index contributed by atoms with van der Waals surface area (Å²) in [5.74, 6) is -0.0779. The molecule has 2 rings (SSSR count). The highest BCUT2D eigenvalue weighted by Gasteiger charge is 2.02. The van der Waals surface area contributed by atoms with E-state index >= 15 is 0 Å². The van der Waals surface area contributed by atoms with E-state index in [2.05, 4.69) is 20.6 Å². The monoisotopic (exact) mass is 248 g/mol. The van der Waals surface area contributed by atoms with Crippen molar-refractivity contribution in [1.82, 2.24) is 15.3 Å². The van der Waals surface area contributed by atoms with Crippen molar-refractivity contribution in [3.8, 4) is 0 Å². The normalized spacial score (nSPS) is 9.88. The van der Waals surface area contributed by atoms with Crippen LogP contribution in [0.25, 0.3) is 0 Å². The Bertz CT molecular complexity index is 458. The third-order valence-electron chi connectivity index (χ3n) is 2.03. The van der Waals surface area contributed by atoms with Gasteiger partial charge < -0.3 is 10.6 Å². The van der Waals surface area contributed by atoms with Crippen LogP contribution in [0.15, 0.2) is 36.0 Å². The molecule has 0 aromatic carbocycles. The van der Waals surface area contributed by atoms with Gasteiger partial charge in [-0.2, -0.15) is 0 Å². The highest BCUT2D eigenvalue weighted by Crippen LogP contribution is 2.08. The van der Waals surface area contributed by atoms with Gasteiger partial charge in [-0.1, -0.05) is 6.07 Å². The Morgan fingerprint density at radius 1 is 1.29 bits per heavy atom. The molecule has 88 valence electrons. The van der Waals surface area contributed by atoms with Crippen LogP contribution >= 0.6 is 11.3 Å². The Kier molecular flexibility index (Phi) is 4.04. The Morgan fingerprint density at radius 2 is 2.24 bits per heavy atom. The smallest absolute Gasteiger partial charge is 0.239 e. The number of nitrogens with one attached hydrogen (secondary N) is 2. The second kappa shape index (κ2) is 5.95. The molecule has 0 fully saturated rings. The lowest BCUT2D eigenvalue weighted by atomic mass is 10.3. The molecule has 0 bridgehead atoms. The van der Waals surface area contributed by atoms with E-state index in [1.54, 1.807) is 12.4 Å². The summed E-state index contributed by atoms with van der Waals surface area (Å²) in [5, 5.41) is 8.31. The fraction of sp³-hybridized carbons (Fsp3) is 0.182. The van der Waals surface area contributed by atoms with Crippen molar-refractivity contribution in [2.24, 2.45) is 0 Å². The Balaban J connectivity index is 1.71. The molecule has 2 aromatic rings. The van der Waals surface area contributed by atoms with E-state index < -0.39 is 0 Å². The number of rotatable bonds is 5. The van der Waals surface area contributed by atoms with Crippen LogP contribution in [0.3, 0.4) is 0 Å². The second-order valence-electron chi connectivity index (χ2n) is 3.29. The first-order valence-electron chi connectivity index (χ1n) is 5.14. The fourth-order valence-corrected chi connectivity index (χ4v) is 1.75. The maximum Gasteiger partial charge on any atom is 0.239 e. The first-order valence-corrected chi connectivity index (χ1v) is 6.02. The van der Waals surface area contributed by atoms with E-state index in [0.717, 1.165) is 10.8 Å². The van der Waals surface area contributed by atoms with Crippen molar-refractivity contribution in [2.45, 2.75) is 6.54 Å². The third kappa shape index (κ3) is 3.84. The van der Waals surface area contributed by atoms with Crippen LogP contribution in [0.2, 0.25) is 0 Å². The molecule has 17 heavy (non-hydrogen) atoms. The molecular weight excluding hydrogens is 236 g/mol. The molecule has 0 atom stereocenters. The summed E-state index contributed by atoms with van der Waals surface area (Å²) in [5.41, 5.74) is 0.843. The largest absolute Gasteiger partial charge is 0.352 e. The average molecular weight is 248 g/mol. The predicted octanol–water partition coefficient (Wildman–Crippen LogP) is 1.27. The maximum atomic E-state index is 11.5. The number of hydrogen-bond donors (Lipinski definition) is 2. The van der Waals surface area contributed by atoms with E-state index in [1.807, 2.05) is 23.6 Å². The zero-order valence-electron chi connectivity index (χ0n) is 9.09. The van der Waals surface area contributed by atoms with Crippen LogP contribution in [0.4, 0.5) is 5.13 Å². The van der Waals surface area contributed by atoms with Crippen LogP contribution in [0, 0.1) is 0 Å². The van der Waals surface area contributed by atoms with E-state index in [0.29, 0.717) is 6.54 Å². The van der Waals surface area contributed by atoms with Gasteiger partial charge in [-0.25, -0.2) is 4.98 Å². The summed E-state index contributed by atoms with van der Waals surface area (Å²) in [4.78, 5) is 19.6. The summed E-state index contributed by atoms with van der Waals surface area (Å²) in [6, 6.07) is 5.60. The minimum Gasteiger partial charge on any atom is -0.352 e. The quantitative estimate of drug-likeness (QED) is 0.836. The van der Waals surface area contributed by atoms with Gasteiger partial charge in [0.2, 0.25) is 5.91 Å². The van der Waals surface area contributed by atoms with Gasteiger partial charge in [-0.05, 0) is 12.1 Å². The number of amides is 1. The van der Waals surface area contributed by atoms with Crippen LogP contribution in [-0.2, 0) is 11.3 Å². The van der Waals surface area contributed by atoms with Gasteiger partial charge in [0.15, 0.2) is 5.13 Å². The first kappa shape index (κ1) is 11.5. The molecule has 0 aliphatic carbocycles. The van der Waals surface area contributed by atoms with Crippen molar-refractivity contribution < 1.29 is 4.79 Å².